The maximum atomic E-state index is 14.8. The molecular formula is C25H30F2N4O5S. The van der Waals surface area contributed by atoms with Crippen molar-refractivity contribution in [3.05, 3.63) is 47.2 Å². The van der Waals surface area contributed by atoms with Crippen molar-refractivity contribution in [1.29, 1.82) is 0 Å². The molecule has 0 spiro atoms. The number of methoxy groups -OCH3 is 1. The van der Waals surface area contributed by atoms with Gasteiger partial charge in [-0.05, 0) is 37.0 Å². The van der Waals surface area contributed by atoms with Gasteiger partial charge in [0.15, 0.2) is 0 Å². The molecule has 37 heavy (non-hydrogen) atoms. The second kappa shape index (κ2) is 10.2. The summed E-state index contributed by atoms with van der Waals surface area (Å²) < 4.78 is 34.8. The van der Waals surface area contributed by atoms with Gasteiger partial charge in [-0.2, -0.15) is 0 Å². The molecular weight excluding hydrogens is 506 g/mol. The van der Waals surface area contributed by atoms with Gasteiger partial charge in [0.25, 0.3) is 5.91 Å². The summed E-state index contributed by atoms with van der Waals surface area (Å²) in [5, 5.41) is 11.6. The fraction of sp³-hybridized carbons (Fsp3) is 0.440. The van der Waals surface area contributed by atoms with Gasteiger partial charge in [0, 0.05) is 49.3 Å². The van der Waals surface area contributed by atoms with Crippen molar-refractivity contribution in [3.63, 3.8) is 0 Å². The number of urea groups is 1. The molecule has 4 rings (SSSR count). The fourth-order valence-electron chi connectivity index (χ4n) is 4.78. The first-order valence-electron chi connectivity index (χ1n) is 11.7. The van der Waals surface area contributed by atoms with E-state index >= 15 is 0 Å². The van der Waals surface area contributed by atoms with Crippen molar-refractivity contribution in [2.75, 3.05) is 50.8 Å². The lowest BCUT2D eigenvalue weighted by molar-refractivity contribution is -0.139. The first-order valence-corrected chi connectivity index (χ1v) is 14.5. The third-order valence-electron chi connectivity index (χ3n) is 6.45. The lowest BCUT2D eigenvalue weighted by atomic mass is 9.94. The number of hydrogen-bond acceptors (Lipinski definition) is 5. The molecule has 1 aromatic heterocycles. The Morgan fingerprint density at radius 2 is 1.81 bits per heavy atom. The summed E-state index contributed by atoms with van der Waals surface area (Å²) in [6, 6.07) is 3.89. The van der Waals surface area contributed by atoms with Gasteiger partial charge in [0.2, 0.25) is 5.88 Å². The van der Waals surface area contributed by atoms with Crippen molar-refractivity contribution in [2.45, 2.75) is 23.8 Å². The van der Waals surface area contributed by atoms with Gasteiger partial charge >= 0.3 is 12.0 Å². The number of carboxylic acids is 1. The SMILES string of the molecule is COc1ccc2c(n1)CCN(C(=O)N1CC(CC(=O)O)C1)[C@H]2C(=O)Nc1cc(F)c(S(C)(C)C)c(F)c1. The van der Waals surface area contributed by atoms with Crippen molar-refractivity contribution < 1.29 is 33.0 Å². The van der Waals surface area contributed by atoms with Gasteiger partial charge in [-0.1, -0.05) is 0 Å². The van der Waals surface area contributed by atoms with Crippen molar-refractivity contribution in [1.82, 2.24) is 14.8 Å². The number of ether oxygens (including phenoxy) is 1. The summed E-state index contributed by atoms with van der Waals surface area (Å²) in [6.07, 6.45) is 5.65. The number of halogens is 2. The third kappa shape index (κ3) is 5.48. The molecule has 9 nitrogen and oxygen atoms in total. The van der Waals surface area contributed by atoms with Crippen LogP contribution in [-0.2, 0) is 16.0 Å². The standard InChI is InChI=1S/C25H30F2N4O5S/c1-36-20-6-5-16-19(29-20)7-8-31(25(35)30-12-14(13-30)9-21(32)33)22(16)24(34)28-15-10-17(26)23(18(27)11-15)37(2,3)4/h5-6,10-11,14,22H,7-9,12-13H2,1-4H3,(H,28,34)(H,32,33)/t22-/m1/s1. The molecule has 3 heterocycles. The Balaban J connectivity index is 1.62. The predicted molar refractivity (Wildman–Crippen MR) is 135 cm³/mol. The van der Waals surface area contributed by atoms with Crippen molar-refractivity contribution in [3.8, 4) is 5.88 Å². The highest BCUT2D eigenvalue weighted by atomic mass is 32.3. The van der Waals surface area contributed by atoms with Crippen LogP contribution in [0.5, 0.6) is 5.88 Å². The maximum Gasteiger partial charge on any atom is 0.320 e. The largest absolute Gasteiger partial charge is 0.481 e. The molecule has 3 amide bonds. The minimum absolute atomic E-state index is 0.00434. The average molecular weight is 537 g/mol. The molecule has 200 valence electrons. The number of likely N-dealkylation sites (tertiary alicyclic amines) is 1. The van der Waals surface area contributed by atoms with Crippen LogP contribution in [-0.4, -0.2) is 83.3 Å². The summed E-state index contributed by atoms with van der Waals surface area (Å²) >= 11 is 0. The molecule has 2 aromatic rings. The van der Waals surface area contributed by atoms with Gasteiger partial charge < -0.3 is 25.0 Å². The Kier molecular flexibility index (Phi) is 7.31. The molecule has 2 aliphatic rings. The maximum absolute atomic E-state index is 14.8. The number of nitrogens with one attached hydrogen (secondary N) is 1. The number of nitrogens with zero attached hydrogens (tertiary/aromatic N) is 3. The summed E-state index contributed by atoms with van der Waals surface area (Å²) in [5.41, 5.74) is 1.01. The monoisotopic (exact) mass is 536 g/mol. The minimum Gasteiger partial charge on any atom is -0.481 e. The molecule has 2 aliphatic heterocycles. The molecule has 0 unspecified atom stereocenters. The normalized spacial score (nSPS) is 18.1. The summed E-state index contributed by atoms with van der Waals surface area (Å²) in [4.78, 5) is 45.2. The van der Waals surface area contributed by atoms with E-state index in [0.717, 1.165) is 12.1 Å². The number of hydrogen-bond donors (Lipinski definition) is 2. The van der Waals surface area contributed by atoms with Gasteiger partial charge in [-0.3, -0.25) is 9.59 Å². The Hall–Kier alpha value is -3.41. The van der Waals surface area contributed by atoms with E-state index < -0.39 is 45.6 Å². The predicted octanol–water partition coefficient (Wildman–Crippen LogP) is 3.49. The second-order valence-electron chi connectivity index (χ2n) is 9.98. The van der Waals surface area contributed by atoms with E-state index in [0.29, 0.717) is 23.6 Å². The highest BCUT2D eigenvalue weighted by Gasteiger charge is 2.42. The highest BCUT2D eigenvalue weighted by Crippen LogP contribution is 2.48. The second-order valence-corrected chi connectivity index (χ2v) is 14.1. The molecule has 12 heteroatoms. The Morgan fingerprint density at radius 1 is 1.16 bits per heavy atom. The first-order chi connectivity index (χ1) is 17.4. The number of pyridine rings is 1. The number of carbonyl (C=O) groups excluding carboxylic acids is 2. The van der Waals surface area contributed by atoms with E-state index in [2.05, 4.69) is 10.3 Å². The fourth-order valence-corrected chi connectivity index (χ4v) is 6.07. The average Bonchev–Trinajstić information content (AvgIpc) is 2.77. The molecule has 0 bridgehead atoms. The molecule has 1 saturated heterocycles. The van der Waals surface area contributed by atoms with Crippen LogP contribution in [0.25, 0.3) is 0 Å². The number of benzene rings is 1. The molecule has 0 aliphatic carbocycles. The van der Waals surface area contributed by atoms with Gasteiger partial charge in [0.1, 0.15) is 17.7 Å². The van der Waals surface area contributed by atoms with Crippen LogP contribution in [0.2, 0.25) is 0 Å². The molecule has 0 radical (unpaired) electrons. The topological polar surface area (TPSA) is 112 Å². The van der Waals surface area contributed by atoms with E-state index in [4.69, 9.17) is 9.84 Å². The number of amides is 3. The van der Waals surface area contributed by atoms with Crippen LogP contribution in [0.3, 0.4) is 0 Å². The minimum atomic E-state index is -1.69. The van der Waals surface area contributed by atoms with E-state index in [1.54, 1.807) is 30.9 Å². The number of fused-ring (bicyclic) bond motifs is 1. The summed E-state index contributed by atoms with van der Waals surface area (Å²) in [5.74, 6) is -2.84. The Morgan fingerprint density at radius 3 is 2.38 bits per heavy atom. The quantitative estimate of drug-likeness (QED) is 0.585. The van der Waals surface area contributed by atoms with Gasteiger partial charge in [-0.15, -0.1) is 0 Å². The molecule has 1 atom stereocenters. The van der Waals surface area contributed by atoms with Crippen LogP contribution >= 0.6 is 10.0 Å². The van der Waals surface area contributed by atoms with E-state index in [-0.39, 0.29) is 42.6 Å². The Labute approximate surface area is 215 Å². The molecule has 2 N–H and O–H groups in total. The van der Waals surface area contributed by atoms with Crippen LogP contribution in [0.1, 0.15) is 23.7 Å². The number of aromatic nitrogens is 1. The zero-order valence-electron chi connectivity index (χ0n) is 21.1. The number of anilines is 1. The molecule has 1 fully saturated rings. The van der Waals surface area contributed by atoms with E-state index in [1.165, 1.54) is 16.9 Å². The summed E-state index contributed by atoms with van der Waals surface area (Å²) in [6.45, 7) is 0.729. The van der Waals surface area contributed by atoms with Crippen LogP contribution in [0.15, 0.2) is 29.2 Å². The third-order valence-corrected chi connectivity index (χ3v) is 8.07. The molecule has 1 aromatic carbocycles. The molecule has 0 saturated carbocycles. The van der Waals surface area contributed by atoms with E-state index in [9.17, 15) is 23.2 Å². The smallest absolute Gasteiger partial charge is 0.320 e. The van der Waals surface area contributed by atoms with Crippen LogP contribution < -0.4 is 10.1 Å². The number of carboxylic acid groups (broad SMARTS) is 1. The highest BCUT2D eigenvalue weighted by molar-refractivity contribution is 8.32. The summed E-state index contributed by atoms with van der Waals surface area (Å²) in [7, 11) is -0.219. The zero-order valence-corrected chi connectivity index (χ0v) is 21.9. The van der Waals surface area contributed by atoms with Crippen molar-refractivity contribution >= 4 is 33.6 Å². The van der Waals surface area contributed by atoms with Gasteiger partial charge in [0.05, 0.1) is 24.1 Å². The lowest BCUT2D eigenvalue weighted by Crippen LogP contribution is -2.58. The lowest BCUT2D eigenvalue weighted by Gasteiger charge is -2.44. The van der Waals surface area contributed by atoms with Gasteiger partial charge in [-0.25, -0.2) is 28.6 Å². The zero-order chi connectivity index (χ0) is 27.1. The van der Waals surface area contributed by atoms with E-state index in [1.807, 2.05) is 0 Å². The number of carbonyl (C=O) groups is 3. The van der Waals surface area contributed by atoms with Crippen molar-refractivity contribution in [2.24, 2.45) is 5.92 Å². The first kappa shape index (κ1) is 26.6. The van der Waals surface area contributed by atoms with Crippen LogP contribution in [0.4, 0.5) is 19.3 Å². The number of rotatable bonds is 6. The number of aliphatic carboxylic acids is 1. The Bertz CT molecular complexity index is 1220. The van der Waals surface area contributed by atoms with Crippen LogP contribution in [0, 0.1) is 17.6 Å².